The Labute approximate surface area is 192 Å². The zero-order valence-electron chi connectivity index (χ0n) is 20.0. The van der Waals surface area contributed by atoms with E-state index in [2.05, 4.69) is 48.7 Å². The van der Waals surface area contributed by atoms with Crippen LogP contribution in [0.25, 0.3) is 0 Å². The van der Waals surface area contributed by atoms with Gasteiger partial charge in [-0.3, -0.25) is 4.79 Å². The van der Waals surface area contributed by atoms with Crippen LogP contribution in [0.15, 0.2) is 6.07 Å². The monoisotopic (exact) mass is 442 g/mol. The average molecular weight is 443 g/mol. The first kappa shape index (κ1) is 24.3. The molecule has 0 aromatic carbocycles. The molecule has 1 fully saturated rings. The number of aromatic nitrogens is 1. The predicted molar refractivity (Wildman–Crippen MR) is 127 cm³/mol. The quantitative estimate of drug-likeness (QED) is 0.463. The molecule has 176 valence electrons. The fourth-order valence-electron chi connectivity index (χ4n) is 4.65. The highest BCUT2D eigenvalue weighted by Crippen LogP contribution is 2.51. The summed E-state index contributed by atoms with van der Waals surface area (Å²) in [6, 6.07) is 1.68. The standard InChI is InChI=1S/C25H38N4O3/c1-7-9-19(28-16(2)30)21(31)15-27-20-14-25(10-8-11-25)32-22-18(20)12-17(13-24(3,4)5)29-23(22)26-6/h1,12,19-21,27,31H,8-11,13-15H2,2-6H3,(H,26,29)(H,28,30)/t19-,20?,21+/m0/s1. The predicted octanol–water partition coefficient (Wildman–Crippen LogP) is 2.94. The van der Waals surface area contributed by atoms with Gasteiger partial charge in [-0.05, 0) is 37.2 Å². The van der Waals surface area contributed by atoms with Crippen molar-refractivity contribution in [1.29, 1.82) is 0 Å². The van der Waals surface area contributed by atoms with Gasteiger partial charge in [0.25, 0.3) is 0 Å². The van der Waals surface area contributed by atoms with Gasteiger partial charge in [-0.15, -0.1) is 12.3 Å². The molecule has 3 atom stereocenters. The molecule has 1 saturated carbocycles. The number of rotatable bonds is 8. The van der Waals surface area contributed by atoms with Crippen LogP contribution in [0.4, 0.5) is 5.82 Å². The maximum atomic E-state index is 11.5. The Bertz CT molecular complexity index is 867. The number of anilines is 1. The normalized spacial score (nSPS) is 20.8. The van der Waals surface area contributed by atoms with Crippen molar-refractivity contribution in [2.24, 2.45) is 5.41 Å². The van der Waals surface area contributed by atoms with E-state index in [4.69, 9.17) is 16.1 Å². The molecule has 1 spiro atoms. The zero-order chi connectivity index (χ0) is 23.5. The zero-order valence-corrected chi connectivity index (χ0v) is 20.0. The van der Waals surface area contributed by atoms with Gasteiger partial charge >= 0.3 is 0 Å². The highest BCUT2D eigenvalue weighted by Gasteiger charge is 2.46. The summed E-state index contributed by atoms with van der Waals surface area (Å²) in [5, 5.41) is 20.3. The molecular formula is C25H38N4O3. The van der Waals surface area contributed by atoms with Crippen LogP contribution in [0, 0.1) is 17.8 Å². The Balaban J connectivity index is 1.86. The second kappa shape index (κ2) is 9.68. The summed E-state index contributed by atoms with van der Waals surface area (Å²) in [5.41, 5.74) is 2.02. The number of pyridine rings is 1. The van der Waals surface area contributed by atoms with Gasteiger partial charge in [0.1, 0.15) is 5.60 Å². The average Bonchev–Trinajstić information content (AvgIpc) is 2.68. The fourth-order valence-corrected chi connectivity index (χ4v) is 4.65. The molecular weight excluding hydrogens is 404 g/mol. The molecule has 1 unspecified atom stereocenters. The number of terminal acetylenes is 1. The number of nitrogens with zero attached hydrogens (tertiary/aromatic N) is 1. The van der Waals surface area contributed by atoms with E-state index >= 15 is 0 Å². The van der Waals surface area contributed by atoms with Gasteiger partial charge in [0.05, 0.1) is 12.1 Å². The smallest absolute Gasteiger partial charge is 0.217 e. The van der Waals surface area contributed by atoms with Gasteiger partial charge in [-0.25, -0.2) is 4.98 Å². The maximum absolute atomic E-state index is 11.5. The molecule has 4 N–H and O–H groups in total. The van der Waals surface area contributed by atoms with Crippen molar-refractivity contribution >= 4 is 11.7 Å². The van der Waals surface area contributed by atoms with Crippen LogP contribution in [-0.2, 0) is 11.2 Å². The number of amides is 1. The fraction of sp³-hybridized carbons (Fsp3) is 0.680. The van der Waals surface area contributed by atoms with Crippen molar-refractivity contribution in [3.8, 4) is 18.1 Å². The summed E-state index contributed by atoms with van der Waals surface area (Å²) in [6.45, 7) is 8.35. The van der Waals surface area contributed by atoms with E-state index < -0.39 is 12.1 Å². The van der Waals surface area contributed by atoms with Gasteiger partial charge in [0, 0.05) is 50.7 Å². The second-order valence-electron chi connectivity index (χ2n) is 10.5. The van der Waals surface area contributed by atoms with Crippen LogP contribution in [0.2, 0.25) is 0 Å². The summed E-state index contributed by atoms with van der Waals surface area (Å²) in [5.74, 6) is 3.92. The van der Waals surface area contributed by atoms with Gasteiger partial charge in [0.2, 0.25) is 5.91 Å². The maximum Gasteiger partial charge on any atom is 0.217 e. The van der Waals surface area contributed by atoms with E-state index in [1.165, 1.54) is 6.92 Å². The SMILES string of the molecule is C#CC[C@H](NC(C)=O)[C@H](O)CNC1CC2(CCC2)Oc2c1cc(CC(C)(C)C)nc2NC. The summed E-state index contributed by atoms with van der Waals surface area (Å²) in [7, 11) is 1.87. The minimum Gasteiger partial charge on any atom is -0.483 e. The van der Waals surface area contributed by atoms with Crippen molar-refractivity contribution < 1.29 is 14.6 Å². The lowest BCUT2D eigenvalue weighted by molar-refractivity contribution is -0.120. The number of fused-ring (bicyclic) bond motifs is 1. The van der Waals surface area contributed by atoms with Crippen LogP contribution in [0.1, 0.15) is 77.1 Å². The van der Waals surface area contributed by atoms with E-state index in [0.29, 0.717) is 6.54 Å². The van der Waals surface area contributed by atoms with Gasteiger partial charge < -0.3 is 25.8 Å². The van der Waals surface area contributed by atoms with E-state index in [9.17, 15) is 9.90 Å². The molecule has 1 aliphatic carbocycles. The molecule has 1 amide bonds. The lowest BCUT2D eigenvalue weighted by atomic mass is 9.72. The van der Waals surface area contributed by atoms with E-state index in [-0.39, 0.29) is 29.4 Å². The summed E-state index contributed by atoms with van der Waals surface area (Å²) in [6.07, 6.45) is 9.81. The summed E-state index contributed by atoms with van der Waals surface area (Å²) >= 11 is 0. The van der Waals surface area contributed by atoms with Crippen molar-refractivity contribution in [2.75, 3.05) is 18.9 Å². The largest absolute Gasteiger partial charge is 0.483 e. The third-order valence-electron chi connectivity index (χ3n) is 6.30. The van der Waals surface area contributed by atoms with Crippen LogP contribution >= 0.6 is 0 Å². The van der Waals surface area contributed by atoms with Crippen LogP contribution in [-0.4, -0.2) is 47.3 Å². The van der Waals surface area contributed by atoms with E-state index in [1.54, 1.807) is 0 Å². The third-order valence-corrected chi connectivity index (χ3v) is 6.30. The Kier molecular flexibility index (Phi) is 7.36. The number of aliphatic hydroxyl groups excluding tert-OH is 1. The van der Waals surface area contributed by atoms with Gasteiger partial charge in [-0.1, -0.05) is 20.8 Å². The molecule has 2 heterocycles. The van der Waals surface area contributed by atoms with Crippen molar-refractivity contribution in [2.45, 2.75) is 90.0 Å². The number of aliphatic hydroxyl groups is 1. The van der Waals surface area contributed by atoms with E-state index in [0.717, 1.165) is 54.9 Å². The lowest BCUT2D eigenvalue weighted by Crippen LogP contribution is -2.51. The summed E-state index contributed by atoms with van der Waals surface area (Å²) < 4.78 is 6.53. The number of hydrogen-bond acceptors (Lipinski definition) is 6. The minimum absolute atomic E-state index is 0.0198. The van der Waals surface area contributed by atoms with Crippen LogP contribution < -0.4 is 20.7 Å². The highest BCUT2D eigenvalue weighted by atomic mass is 16.5. The van der Waals surface area contributed by atoms with Gasteiger partial charge in [-0.2, -0.15) is 0 Å². The molecule has 1 aromatic rings. The molecule has 32 heavy (non-hydrogen) atoms. The summed E-state index contributed by atoms with van der Waals surface area (Å²) in [4.78, 5) is 16.4. The number of carbonyl (C=O) groups is 1. The van der Waals surface area contributed by atoms with Crippen LogP contribution in [0.3, 0.4) is 0 Å². The minimum atomic E-state index is -0.793. The molecule has 3 rings (SSSR count). The Morgan fingerprint density at radius 2 is 2.16 bits per heavy atom. The Hall–Kier alpha value is -2.30. The molecule has 1 aliphatic heterocycles. The molecule has 0 saturated heterocycles. The molecule has 1 aromatic heterocycles. The lowest BCUT2D eigenvalue weighted by Gasteiger charge is -2.48. The van der Waals surface area contributed by atoms with Crippen molar-refractivity contribution in [3.63, 3.8) is 0 Å². The van der Waals surface area contributed by atoms with Gasteiger partial charge in [0.15, 0.2) is 11.6 Å². The van der Waals surface area contributed by atoms with E-state index in [1.807, 2.05) is 7.05 Å². The molecule has 7 heteroatoms. The molecule has 0 bridgehead atoms. The first-order valence-electron chi connectivity index (χ1n) is 11.6. The number of ether oxygens (including phenoxy) is 1. The molecule has 7 nitrogen and oxygen atoms in total. The third kappa shape index (κ3) is 5.73. The van der Waals surface area contributed by atoms with Crippen molar-refractivity contribution in [1.82, 2.24) is 15.6 Å². The Morgan fingerprint density at radius 1 is 1.44 bits per heavy atom. The second-order valence-corrected chi connectivity index (χ2v) is 10.5. The highest BCUT2D eigenvalue weighted by molar-refractivity contribution is 5.73. The number of nitrogens with one attached hydrogen (secondary N) is 3. The topological polar surface area (TPSA) is 95.5 Å². The number of hydrogen-bond donors (Lipinski definition) is 4. The Morgan fingerprint density at radius 3 is 2.69 bits per heavy atom. The van der Waals surface area contributed by atoms with Crippen LogP contribution in [0.5, 0.6) is 5.75 Å². The first-order chi connectivity index (χ1) is 15.1. The first-order valence-corrected chi connectivity index (χ1v) is 11.6. The molecule has 2 aliphatic rings. The van der Waals surface area contributed by atoms with Crippen molar-refractivity contribution in [3.05, 3.63) is 17.3 Å². The molecule has 0 radical (unpaired) electrons. The number of carbonyl (C=O) groups excluding carboxylic acids is 1.